The van der Waals surface area contributed by atoms with Crippen molar-refractivity contribution < 1.29 is 9.90 Å². The summed E-state index contributed by atoms with van der Waals surface area (Å²) in [5.74, 6) is 0.463. The van der Waals surface area contributed by atoms with Gasteiger partial charge in [-0.25, -0.2) is 14.3 Å². The molecule has 1 N–H and O–H groups in total. The van der Waals surface area contributed by atoms with Crippen LogP contribution in [0.2, 0.25) is 0 Å². The number of aryl methyl sites for hydroxylation is 3. The van der Waals surface area contributed by atoms with Crippen LogP contribution in [0.25, 0.3) is 0 Å². The average molecular weight is 362 g/mol. The Morgan fingerprint density at radius 2 is 1.78 bits per heavy atom. The first-order valence-corrected chi connectivity index (χ1v) is 9.21. The summed E-state index contributed by atoms with van der Waals surface area (Å²) in [4.78, 5) is 16.5. The minimum absolute atomic E-state index is 0.103. The van der Waals surface area contributed by atoms with Crippen LogP contribution in [0.1, 0.15) is 57.7 Å². The van der Waals surface area contributed by atoms with E-state index >= 15 is 0 Å². The van der Waals surface area contributed by atoms with E-state index in [4.69, 9.17) is 4.98 Å². The van der Waals surface area contributed by atoms with Crippen molar-refractivity contribution in [3.8, 4) is 0 Å². The molecule has 0 bridgehead atoms. The lowest BCUT2D eigenvalue weighted by Crippen LogP contribution is -2.14. The van der Waals surface area contributed by atoms with E-state index in [0.29, 0.717) is 12.2 Å². The molecular weight excluding hydrogens is 336 g/mol. The quantitative estimate of drug-likeness (QED) is 0.677. The summed E-state index contributed by atoms with van der Waals surface area (Å²) in [7, 11) is 0. The molecule has 0 aliphatic heterocycles. The summed E-state index contributed by atoms with van der Waals surface area (Å²) in [6.07, 6.45) is 1.27. The van der Waals surface area contributed by atoms with Gasteiger partial charge in [-0.15, -0.1) is 0 Å². The molecule has 4 heteroatoms. The first kappa shape index (κ1) is 18.9. The lowest BCUT2D eigenvalue weighted by atomic mass is 9.93. The number of carbonyl (C=O) groups is 1. The lowest BCUT2D eigenvalue weighted by molar-refractivity contribution is 0.195. The maximum absolute atomic E-state index is 11.8. The number of aromatic nitrogens is 2. The van der Waals surface area contributed by atoms with Crippen molar-refractivity contribution in [2.75, 3.05) is 0 Å². The smallest absolute Gasteiger partial charge is 0.417 e. The van der Waals surface area contributed by atoms with Crippen molar-refractivity contribution in [2.24, 2.45) is 0 Å². The SMILES string of the molecule is Cc1cc(C)cc(Cc2cn(C(=O)O)c([C@@H](C)c3cccc(C)c3C)n2)c1. The van der Waals surface area contributed by atoms with E-state index < -0.39 is 6.09 Å². The third-order valence-electron chi connectivity index (χ3n) is 5.16. The van der Waals surface area contributed by atoms with Gasteiger partial charge in [-0.2, -0.15) is 0 Å². The molecule has 3 rings (SSSR count). The van der Waals surface area contributed by atoms with Gasteiger partial charge in [0.2, 0.25) is 0 Å². The highest BCUT2D eigenvalue weighted by Gasteiger charge is 2.21. The molecule has 140 valence electrons. The molecular formula is C23H26N2O2. The third-order valence-corrected chi connectivity index (χ3v) is 5.16. The van der Waals surface area contributed by atoms with Crippen molar-refractivity contribution in [3.63, 3.8) is 0 Å². The summed E-state index contributed by atoms with van der Waals surface area (Å²) < 4.78 is 1.27. The summed E-state index contributed by atoms with van der Waals surface area (Å²) in [6.45, 7) is 10.3. The van der Waals surface area contributed by atoms with E-state index in [1.165, 1.54) is 26.8 Å². The minimum Gasteiger partial charge on any atom is -0.464 e. The largest absolute Gasteiger partial charge is 0.464 e. The van der Waals surface area contributed by atoms with Crippen molar-refractivity contribution in [1.29, 1.82) is 0 Å². The van der Waals surface area contributed by atoms with Crippen LogP contribution >= 0.6 is 0 Å². The summed E-state index contributed by atoms with van der Waals surface area (Å²) >= 11 is 0. The first-order valence-electron chi connectivity index (χ1n) is 9.21. The van der Waals surface area contributed by atoms with Crippen molar-refractivity contribution >= 4 is 6.09 Å². The molecule has 2 aromatic carbocycles. The molecule has 0 aliphatic rings. The fourth-order valence-electron chi connectivity index (χ4n) is 3.75. The highest BCUT2D eigenvalue weighted by Crippen LogP contribution is 2.28. The Labute approximate surface area is 160 Å². The standard InChI is InChI=1S/C23H26N2O2/c1-14-9-15(2)11-19(10-14)12-20-13-25(23(26)27)22(24-20)18(5)21-8-6-7-16(3)17(21)4/h6-11,13,18H,12H2,1-5H3,(H,26,27)/t18-/m0/s1. The number of rotatable bonds is 4. The number of nitrogens with zero attached hydrogens (tertiary/aromatic N) is 2. The van der Waals surface area contributed by atoms with Crippen LogP contribution in [0, 0.1) is 27.7 Å². The van der Waals surface area contributed by atoms with E-state index in [1.807, 2.05) is 13.0 Å². The highest BCUT2D eigenvalue weighted by molar-refractivity contribution is 5.69. The van der Waals surface area contributed by atoms with E-state index in [2.05, 4.69) is 58.0 Å². The second-order valence-electron chi connectivity index (χ2n) is 7.43. The Hall–Kier alpha value is -2.88. The zero-order chi connectivity index (χ0) is 19.7. The van der Waals surface area contributed by atoms with E-state index in [9.17, 15) is 9.90 Å². The van der Waals surface area contributed by atoms with Crippen molar-refractivity contribution in [2.45, 2.75) is 47.0 Å². The van der Waals surface area contributed by atoms with Gasteiger partial charge in [-0.3, -0.25) is 0 Å². The second kappa shape index (κ2) is 7.39. The molecule has 1 atom stereocenters. The van der Waals surface area contributed by atoms with Crippen LogP contribution in [0.3, 0.4) is 0 Å². The van der Waals surface area contributed by atoms with Gasteiger partial charge in [0.05, 0.1) is 5.69 Å². The highest BCUT2D eigenvalue weighted by atomic mass is 16.4. The molecule has 0 saturated heterocycles. The molecule has 0 fully saturated rings. The molecule has 1 heterocycles. The fourth-order valence-corrected chi connectivity index (χ4v) is 3.75. The molecule has 0 unspecified atom stereocenters. The van der Waals surface area contributed by atoms with Gasteiger partial charge in [-0.1, -0.05) is 54.4 Å². The molecule has 0 amide bonds. The monoisotopic (exact) mass is 362 g/mol. The number of benzene rings is 2. The second-order valence-corrected chi connectivity index (χ2v) is 7.43. The van der Waals surface area contributed by atoms with Crippen LogP contribution in [0.15, 0.2) is 42.6 Å². The normalized spacial score (nSPS) is 12.2. The maximum atomic E-state index is 11.8. The summed E-state index contributed by atoms with van der Waals surface area (Å²) in [5, 5.41) is 9.68. The number of hydrogen-bond acceptors (Lipinski definition) is 2. The number of imidazole rings is 1. The maximum Gasteiger partial charge on any atom is 0.417 e. The molecule has 3 aromatic rings. The van der Waals surface area contributed by atoms with Crippen LogP contribution in [0.4, 0.5) is 4.79 Å². The lowest BCUT2D eigenvalue weighted by Gasteiger charge is -2.16. The first-order chi connectivity index (χ1) is 12.8. The minimum atomic E-state index is -0.999. The summed E-state index contributed by atoms with van der Waals surface area (Å²) in [5.41, 5.74) is 7.81. The molecule has 0 aliphatic carbocycles. The van der Waals surface area contributed by atoms with Gasteiger partial charge < -0.3 is 5.11 Å². The zero-order valence-corrected chi connectivity index (χ0v) is 16.6. The molecule has 27 heavy (non-hydrogen) atoms. The Bertz CT molecular complexity index is 981. The summed E-state index contributed by atoms with van der Waals surface area (Å²) in [6, 6.07) is 12.5. The van der Waals surface area contributed by atoms with Crippen LogP contribution < -0.4 is 0 Å². The molecule has 0 spiro atoms. The van der Waals surface area contributed by atoms with Gasteiger partial charge in [0.1, 0.15) is 5.82 Å². The van der Waals surface area contributed by atoms with Crippen LogP contribution in [-0.2, 0) is 6.42 Å². The Morgan fingerprint density at radius 1 is 1.11 bits per heavy atom. The molecule has 4 nitrogen and oxygen atoms in total. The van der Waals surface area contributed by atoms with Gasteiger partial charge >= 0.3 is 6.09 Å². The van der Waals surface area contributed by atoms with Gasteiger partial charge in [-0.05, 0) is 49.9 Å². The fraction of sp³-hybridized carbons (Fsp3) is 0.304. The zero-order valence-electron chi connectivity index (χ0n) is 16.6. The predicted molar refractivity (Wildman–Crippen MR) is 108 cm³/mol. The molecule has 1 aromatic heterocycles. The Balaban J connectivity index is 2.00. The number of carboxylic acid groups (broad SMARTS) is 1. The van der Waals surface area contributed by atoms with E-state index in [1.54, 1.807) is 6.20 Å². The van der Waals surface area contributed by atoms with E-state index in [0.717, 1.165) is 16.8 Å². The van der Waals surface area contributed by atoms with Gasteiger partial charge in [0.25, 0.3) is 0 Å². The van der Waals surface area contributed by atoms with Gasteiger partial charge in [0.15, 0.2) is 0 Å². The third kappa shape index (κ3) is 3.95. The topological polar surface area (TPSA) is 55.1 Å². The van der Waals surface area contributed by atoms with E-state index in [-0.39, 0.29) is 5.92 Å². The van der Waals surface area contributed by atoms with Crippen LogP contribution in [-0.4, -0.2) is 20.8 Å². The van der Waals surface area contributed by atoms with Crippen molar-refractivity contribution in [3.05, 3.63) is 87.5 Å². The van der Waals surface area contributed by atoms with Crippen LogP contribution in [0.5, 0.6) is 0 Å². The Morgan fingerprint density at radius 3 is 2.41 bits per heavy atom. The van der Waals surface area contributed by atoms with Gasteiger partial charge in [0, 0.05) is 18.5 Å². The van der Waals surface area contributed by atoms with Crippen molar-refractivity contribution in [1.82, 2.24) is 9.55 Å². The Kier molecular flexibility index (Phi) is 5.17. The average Bonchev–Trinajstić information content (AvgIpc) is 3.00. The predicted octanol–water partition coefficient (Wildman–Crippen LogP) is 5.39. The molecule has 0 saturated carbocycles. The molecule has 0 radical (unpaired) electrons. The number of hydrogen-bond donors (Lipinski definition) is 1.